The quantitative estimate of drug-likeness (QED) is 0.589. The molecule has 5 heteroatoms. The molecule has 1 aromatic heterocycles. The molecule has 3 rings (SSSR count). The maximum Gasteiger partial charge on any atom is 0.203 e. The van der Waals surface area contributed by atoms with Crippen LogP contribution in [0.15, 0.2) is 59.6 Å². The molecule has 130 valence electrons. The molecule has 0 aliphatic heterocycles. The first-order chi connectivity index (χ1) is 12.2. The number of hydrogen-bond acceptors (Lipinski definition) is 4. The van der Waals surface area contributed by atoms with Crippen LogP contribution in [0.3, 0.4) is 0 Å². The average Bonchev–Trinajstić information content (AvgIpc) is 3.16. The molecule has 3 aromatic rings. The summed E-state index contributed by atoms with van der Waals surface area (Å²) in [5, 5.41) is 0. The summed E-state index contributed by atoms with van der Waals surface area (Å²) in [6.45, 7) is 0. The number of ether oxygens (including phenoxy) is 3. The van der Waals surface area contributed by atoms with Gasteiger partial charge in [0.15, 0.2) is 11.5 Å². The minimum absolute atomic E-state index is 0.590. The molecule has 0 spiro atoms. The summed E-state index contributed by atoms with van der Waals surface area (Å²) in [4.78, 5) is 1.25. The fraction of sp³-hybridized carbons (Fsp3) is 0.200. The van der Waals surface area contributed by atoms with E-state index in [4.69, 9.17) is 14.2 Å². The van der Waals surface area contributed by atoms with E-state index in [9.17, 15) is 0 Å². The lowest BCUT2D eigenvalue weighted by Crippen LogP contribution is -2.00. The van der Waals surface area contributed by atoms with E-state index in [-0.39, 0.29) is 0 Å². The largest absolute Gasteiger partial charge is 0.493 e. The third-order valence-electron chi connectivity index (χ3n) is 4.06. The molecule has 0 aliphatic rings. The number of hydrogen-bond donors (Lipinski definition) is 0. The number of rotatable bonds is 6. The number of methoxy groups -OCH3 is 3. The zero-order valence-corrected chi connectivity index (χ0v) is 15.6. The van der Waals surface area contributed by atoms with Gasteiger partial charge in [0.05, 0.1) is 32.7 Å². The Morgan fingerprint density at radius 1 is 0.840 bits per heavy atom. The van der Waals surface area contributed by atoms with Crippen molar-refractivity contribution in [2.24, 2.45) is 0 Å². The highest BCUT2D eigenvalue weighted by atomic mass is 32.2. The summed E-state index contributed by atoms with van der Waals surface area (Å²) >= 11 is 1.74. The lowest BCUT2D eigenvalue weighted by atomic mass is 10.1. The molecule has 0 radical (unpaired) electrons. The molecule has 0 N–H and O–H groups in total. The van der Waals surface area contributed by atoms with Gasteiger partial charge in [0.2, 0.25) is 5.75 Å². The Hall–Kier alpha value is -2.53. The third-order valence-corrected chi connectivity index (χ3v) is 4.81. The fourth-order valence-corrected chi connectivity index (χ4v) is 3.22. The molecule has 0 saturated heterocycles. The Morgan fingerprint density at radius 2 is 1.48 bits per heavy atom. The van der Waals surface area contributed by atoms with E-state index in [1.54, 1.807) is 33.1 Å². The Kier molecular flexibility index (Phi) is 5.24. The molecule has 0 amide bonds. The molecular weight excluding hydrogens is 334 g/mol. The van der Waals surface area contributed by atoms with E-state index in [1.807, 2.05) is 24.4 Å². The summed E-state index contributed by atoms with van der Waals surface area (Å²) in [5.41, 5.74) is 3.20. The first kappa shape index (κ1) is 17.3. The van der Waals surface area contributed by atoms with Gasteiger partial charge in [-0.3, -0.25) is 0 Å². The predicted molar refractivity (Wildman–Crippen MR) is 103 cm³/mol. The molecular formula is C20H21NO3S. The summed E-state index contributed by atoms with van der Waals surface area (Å²) in [7, 11) is 4.85. The van der Waals surface area contributed by atoms with Crippen LogP contribution in [-0.4, -0.2) is 32.2 Å². The minimum Gasteiger partial charge on any atom is -0.493 e. The summed E-state index contributed by atoms with van der Waals surface area (Å²) in [6, 6.07) is 16.5. The normalized spacial score (nSPS) is 10.6. The summed E-state index contributed by atoms with van der Waals surface area (Å²) < 4.78 is 18.5. The van der Waals surface area contributed by atoms with Crippen LogP contribution >= 0.6 is 11.8 Å². The van der Waals surface area contributed by atoms with Crippen LogP contribution in [0.25, 0.3) is 16.9 Å². The van der Waals surface area contributed by atoms with E-state index < -0.39 is 0 Å². The highest BCUT2D eigenvalue weighted by molar-refractivity contribution is 7.98. The smallest absolute Gasteiger partial charge is 0.203 e. The SMILES string of the molecule is COc1cc(-n2cccc2-c2ccc(SC)cc2)cc(OC)c1OC. The van der Waals surface area contributed by atoms with E-state index in [1.165, 1.54) is 4.90 Å². The Labute approximate surface area is 152 Å². The molecule has 0 aliphatic carbocycles. The zero-order chi connectivity index (χ0) is 17.8. The van der Waals surface area contributed by atoms with Crippen molar-refractivity contribution >= 4 is 11.8 Å². The topological polar surface area (TPSA) is 32.6 Å². The monoisotopic (exact) mass is 355 g/mol. The summed E-state index contributed by atoms with van der Waals surface area (Å²) in [6.07, 6.45) is 4.10. The first-order valence-electron chi connectivity index (χ1n) is 7.84. The number of thioether (sulfide) groups is 1. The van der Waals surface area contributed by atoms with Crippen molar-refractivity contribution in [3.05, 3.63) is 54.7 Å². The van der Waals surface area contributed by atoms with Gasteiger partial charge in [-0.1, -0.05) is 12.1 Å². The van der Waals surface area contributed by atoms with Crippen molar-refractivity contribution in [2.45, 2.75) is 4.90 Å². The number of aromatic nitrogens is 1. The Morgan fingerprint density at radius 3 is 2.00 bits per heavy atom. The van der Waals surface area contributed by atoms with Crippen molar-refractivity contribution in [3.8, 4) is 34.2 Å². The molecule has 1 heterocycles. The molecule has 0 fully saturated rings. The van der Waals surface area contributed by atoms with Crippen LogP contribution in [0.5, 0.6) is 17.2 Å². The van der Waals surface area contributed by atoms with E-state index in [0.29, 0.717) is 17.2 Å². The maximum atomic E-state index is 5.47. The first-order valence-corrected chi connectivity index (χ1v) is 9.06. The van der Waals surface area contributed by atoms with Crippen molar-refractivity contribution in [3.63, 3.8) is 0 Å². The maximum absolute atomic E-state index is 5.47. The van der Waals surface area contributed by atoms with E-state index in [0.717, 1.165) is 16.9 Å². The van der Waals surface area contributed by atoms with Gasteiger partial charge in [0, 0.05) is 23.2 Å². The van der Waals surface area contributed by atoms with Crippen LogP contribution in [0.2, 0.25) is 0 Å². The van der Waals surface area contributed by atoms with Crippen LogP contribution in [0.4, 0.5) is 0 Å². The van der Waals surface area contributed by atoms with Crippen molar-refractivity contribution in [1.82, 2.24) is 4.57 Å². The van der Waals surface area contributed by atoms with Crippen molar-refractivity contribution < 1.29 is 14.2 Å². The van der Waals surface area contributed by atoms with Crippen LogP contribution in [0, 0.1) is 0 Å². The molecule has 2 aromatic carbocycles. The predicted octanol–water partition coefficient (Wildman–Crippen LogP) is 4.89. The van der Waals surface area contributed by atoms with Gasteiger partial charge in [0.25, 0.3) is 0 Å². The van der Waals surface area contributed by atoms with Gasteiger partial charge in [-0.15, -0.1) is 11.8 Å². The molecule has 0 bridgehead atoms. The van der Waals surface area contributed by atoms with Crippen molar-refractivity contribution in [2.75, 3.05) is 27.6 Å². The highest BCUT2D eigenvalue weighted by Gasteiger charge is 2.15. The Balaban J connectivity index is 2.10. The zero-order valence-electron chi connectivity index (χ0n) is 14.8. The molecule has 0 unspecified atom stereocenters. The van der Waals surface area contributed by atoms with Gasteiger partial charge in [-0.25, -0.2) is 0 Å². The second kappa shape index (κ2) is 7.57. The average molecular weight is 355 g/mol. The second-order valence-corrected chi connectivity index (χ2v) is 6.26. The van der Waals surface area contributed by atoms with Gasteiger partial charge in [-0.05, 0) is 36.1 Å². The number of nitrogens with zero attached hydrogens (tertiary/aromatic N) is 1. The van der Waals surface area contributed by atoms with Gasteiger partial charge < -0.3 is 18.8 Å². The molecule has 0 saturated carbocycles. The fourth-order valence-electron chi connectivity index (χ4n) is 2.81. The van der Waals surface area contributed by atoms with Gasteiger partial charge in [0.1, 0.15) is 0 Å². The summed E-state index contributed by atoms with van der Waals surface area (Å²) in [5.74, 6) is 1.86. The molecule has 0 atom stereocenters. The van der Waals surface area contributed by atoms with E-state index in [2.05, 4.69) is 41.2 Å². The van der Waals surface area contributed by atoms with Crippen LogP contribution in [-0.2, 0) is 0 Å². The standard InChI is InChI=1S/C20H21NO3S/c1-22-18-12-15(13-19(23-2)20(18)24-3)21-11-5-6-17(21)14-7-9-16(25-4)10-8-14/h5-13H,1-4H3. The lowest BCUT2D eigenvalue weighted by molar-refractivity contribution is 0.324. The highest BCUT2D eigenvalue weighted by Crippen LogP contribution is 2.40. The molecule has 25 heavy (non-hydrogen) atoms. The Bertz CT molecular complexity index is 831. The lowest BCUT2D eigenvalue weighted by Gasteiger charge is -2.16. The second-order valence-electron chi connectivity index (χ2n) is 5.38. The third kappa shape index (κ3) is 3.33. The van der Waals surface area contributed by atoms with Crippen LogP contribution < -0.4 is 14.2 Å². The van der Waals surface area contributed by atoms with Crippen molar-refractivity contribution in [1.29, 1.82) is 0 Å². The van der Waals surface area contributed by atoms with E-state index >= 15 is 0 Å². The minimum atomic E-state index is 0.590. The van der Waals surface area contributed by atoms with Crippen LogP contribution in [0.1, 0.15) is 0 Å². The molecule has 4 nitrogen and oxygen atoms in total. The number of benzene rings is 2. The van der Waals surface area contributed by atoms with Gasteiger partial charge >= 0.3 is 0 Å². The van der Waals surface area contributed by atoms with Gasteiger partial charge in [-0.2, -0.15) is 0 Å².